The van der Waals surface area contributed by atoms with Crippen molar-refractivity contribution in [2.24, 2.45) is 10.9 Å². The molecule has 0 radical (unpaired) electrons. The molecule has 1 aromatic carbocycles. The molecular formula is C9H11ClN2O. The smallest absolute Gasteiger partial charge is 0.124 e. The molecule has 1 aromatic rings. The van der Waals surface area contributed by atoms with E-state index >= 15 is 0 Å². The van der Waals surface area contributed by atoms with Gasteiger partial charge in [-0.05, 0) is 24.6 Å². The van der Waals surface area contributed by atoms with E-state index in [2.05, 4.69) is 5.10 Å². The molecule has 13 heavy (non-hydrogen) atoms. The summed E-state index contributed by atoms with van der Waals surface area (Å²) in [5, 5.41) is 13.6. The van der Waals surface area contributed by atoms with Gasteiger partial charge in [0.15, 0.2) is 0 Å². The highest BCUT2D eigenvalue weighted by Crippen LogP contribution is 2.22. The minimum atomic E-state index is 0.149. The lowest BCUT2D eigenvalue weighted by Gasteiger charge is -2.05. The fraction of sp³-hybridized carbons (Fsp3) is 0.222. The standard InChI is InChI=1S/C9H11ClN2O/c1-2-8(12-11)7-5-6(10)3-4-9(7)13/h3-5,13H,2,11H2,1H3/b12-8+. The third-order valence-corrected chi connectivity index (χ3v) is 2.00. The highest BCUT2D eigenvalue weighted by atomic mass is 35.5. The van der Waals surface area contributed by atoms with E-state index in [9.17, 15) is 5.11 Å². The van der Waals surface area contributed by atoms with Gasteiger partial charge < -0.3 is 10.9 Å². The summed E-state index contributed by atoms with van der Waals surface area (Å²) in [6.45, 7) is 1.91. The molecule has 1 rings (SSSR count). The van der Waals surface area contributed by atoms with Crippen molar-refractivity contribution in [3.05, 3.63) is 28.8 Å². The fourth-order valence-corrected chi connectivity index (χ4v) is 1.26. The Hall–Kier alpha value is -1.22. The van der Waals surface area contributed by atoms with Gasteiger partial charge in [-0.3, -0.25) is 0 Å². The van der Waals surface area contributed by atoms with Crippen molar-refractivity contribution in [1.29, 1.82) is 0 Å². The zero-order valence-corrected chi connectivity index (χ0v) is 8.04. The summed E-state index contributed by atoms with van der Waals surface area (Å²) < 4.78 is 0. The van der Waals surface area contributed by atoms with Gasteiger partial charge in [-0.25, -0.2) is 0 Å². The number of phenols is 1. The molecule has 0 unspecified atom stereocenters. The van der Waals surface area contributed by atoms with Crippen LogP contribution in [0.2, 0.25) is 5.02 Å². The lowest BCUT2D eigenvalue weighted by atomic mass is 10.1. The molecule has 0 bridgehead atoms. The highest BCUT2D eigenvalue weighted by molar-refractivity contribution is 6.31. The van der Waals surface area contributed by atoms with E-state index in [1.165, 1.54) is 6.07 Å². The Morgan fingerprint density at radius 2 is 2.31 bits per heavy atom. The van der Waals surface area contributed by atoms with E-state index < -0.39 is 0 Å². The van der Waals surface area contributed by atoms with Crippen molar-refractivity contribution in [1.82, 2.24) is 0 Å². The van der Waals surface area contributed by atoms with Crippen LogP contribution in [0.3, 0.4) is 0 Å². The molecule has 0 saturated carbocycles. The van der Waals surface area contributed by atoms with Crippen molar-refractivity contribution < 1.29 is 5.11 Å². The maximum atomic E-state index is 9.47. The summed E-state index contributed by atoms with van der Waals surface area (Å²) in [5.41, 5.74) is 1.23. The topological polar surface area (TPSA) is 58.6 Å². The van der Waals surface area contributed by atoms with Crippen LogP contribution in [0.1, 0.15) is 18.9 Å². The van der Waals surface area contributed by atoms with Gasteiger partial charge in [0.2, 0.25) is 0 Å². The monoisotopic (exact) mass is 198 g/mol. The summed E-state index contributed by atoms with van der Waals surface area (Å²) >= 11 is 5.77. The van der Waals surface area contributed by atoms with Gasteiger partial charge in [0.1, 0.15) is 5.75 Å². The first-order chi connectivity index (χ1) is 6.19. The van der Waals surface area contributed by atoms with E-state index in [1.54, 1.807) is 12.1 Å². The molecule has 3 nitrogen and oxygen atoms in total. The Morgan fingerprint density at radius 3 is 2.85 bits per heavy atom. The molecule has 0 fully saturated rings. The molecule has 0 aromatic heterocycles. The summed E-state index contributed by atoms with van der Waals surface area (Å²) in [5.74, 6) is 5.32. The highest BCUT2D eigenvalue weighted by Gasteiger charge is 2.07. The Kier molecular flexibility index (Phi) is 3.14. The molecule has 0 atom stereocenters. The number of nitrogens with two attached hydrogens (primary N) is 1. The first-order valence-electron chi connectivity index (χ1n) is 3.94. The van der Waals surface area contributed by atoms with Crippen LogP contribution in [0.25, 0.3) is 0 Å². The second-order valence-corrected chi connectivity index (χ2v) is 3.03. The second-order valence-electron chi connectivity index (χ2n) is 2.59. The van der Waals surface area contributed by atoms with E-state index in [1.807, 2.05) is 6.92 Å². The number of hydrogen-bond donors (Lipinski definition) is 2. The van der Waals surface area contributed by atoms with Gasteiger partial charge >= 0.3 is 0 Å². The Morgan fingerprint density at radius 1 is 1.62 bits per heavy atom. The third kappa shape index (κ3) is 2.12. The largest absolute Gasteiger partial charge is 0.507 e. The number of rotatable bonds is 2. The van der Waals surface area contributed by atoms with Crippen LogP contribution in [0.4, 0.5) is 0 Å². The minimum absolute atomic E-state index is 0.149. The predicted molar refractivity (Wildman–Crippen MR) is 54.1 cm³/mol. The summed E-state index contributed by atoms with van der Waals surface area (Å²) in [7, 11) is 0. The predicted octanol–water partition coefficient (Wildman–Crippen LogP) is 2.12. The number of hydrazone groups is 1. The van der Waals surface area contributed by atoms with Gasteiger partial charge in [0.25, 0.3) is 0 Å². The van der Waals surface area contributed by atoms with Crippen LogP contribution >= 0.6 is 11.6 Å². The van der Waals surface area contributed by atoms with Gasteiger partial charge in [-0.1, -0.05) is 18.5 Å². The van der Waals surface area contributed by atoms with Crippen LogP contribution in [0, 0.1) is 0 Å². The minimum Gasteiger partial charge on any atom is -0.507 e. The fourth-order valence-electron chi connectivity index (χ4n) is 1.09. The number of halogens is 1. The molecular weight excluding hydrogens is 188 g/mol. The first kappa shape index (κ1) is 9.86. The second kappa shape index (κ2) is 4.14. The van der Waals surface area contributed by atoms with E-state index in [4.69, 9.17) is 17.4 Å². The van der Waals surface area contributed by atoms with Gasteiger partial charge in [0, 0.05) is 10.6 Å². The van der Waals surface area contributed by atoms with E-state index in [-0.39, 0.29) is 5.75 Å². The van der Waals surface area contributed by atoms with Crippen LogP contribution < -0.4 is 5.84 Å². The molecule has 70 valence electrons. The lowest BCUT2D eigenvalue weighted by Crippen LogP contribution is -2.02. The van der Waals surface area contributed by atoms with E-state index in [0.29, 0.717) is 22.7 Å². The average molecular weight is 199 g/mol. The van der Waals surface area contributed by atoms with Gasteiger partial charge in [0.05, 0.1) is 5.71 Å². The van der Waals surface area contributed by atoms with Crippen molar-refractivity contribution in [3.8, 4) is 5.75 Å². The number of phenolic OH excluding ortho intramolecular Hbond substituents is 1. The summed E-state index contributed by atoms with van der Waals surface area (Å²) in [4.78, 5) is 0. The van der Waals surface area contributed by atoms with Crippen molar-refractivity contribution in [2.45, 2.75) is 13.3 Å². The maximum absolute atomic E-state index is 9.47. The number of hydrogen-bond acceptors (Lipinski definition) is 3. The average Bonchev–Trinajstić information content (AvgIpc) is 2.13. The molecule has 0 aliphatic heterocycles. The van der Waals surface area contributed by atoms with Gasteiger partial charge in [-0.2, -0.15) is 5.10 Å². The Bertz CT molecular complexity index is 336. The molecule has 0 aliphatic carbocycles. The SMILES string of the molecule is CC/C(=N\N)c1cc(Cl)ccc1O. The molecule has 4 heteroatoms. The normalized spacial score (nSPS) is 11.7. The van der Waals surface area contributed by atoms with Crippen LogP contribution in [0.15, 0.2) is 23.3 Å². The van der Waals surface area contributed by atoms with Crippen molar-refractivity contribution in [3.63, 3.8) is 0 Å². The zero-order valence-electron chi connectivity index (χ0n) is 7.29. The quantitative estimate of drug-likeness (QED) is 0.435. The molecule has 3 N–H and O–H groups in total. The van der Waals surface area contributed by atoms with Crippen LogP contribution in [0.5, 0.6) is 5.75 Å². The Labute approximate surface area is 81.8 Å². The molecule has 0 spiro atoms. The number of aromatic hydroxyl groups is 1. The lowest BCUT2D eigenvalue weighted by molar-refractivity contribution is 0.474. The van der Waals surface area contributed by atoms with Crippen molar-refractivity contribution in [2.75, 3.05) is 0 Å². The molecule has 0 amide bonds. The number of nitrogens with zero attached hydrogens (tertiary/aromatic N) is 1. The number of benzene rings is 1. The molecule has 0 saturated heterocycles. The van der Waals surface area contributed by atoms with E-state index in [0.717, 1.165) is 0 Å². The third-order valence-electron chi connectivity index (χ3n) is 1.76. The molecule has 0 heterocycles. The summed E-state index contributed by atoms with van der Waals surface area (Å²) in [6, 6.07) is 4.79. The summed E-state index contributed by atoms with van der Waals surface area (Å²) in [6.07, 6.45) is 0.657. The molecule has 0 aliphatic rings. The maximum Gasteiger partial charge on any atom is 0.124 e. The Balaban J connectivity index is 3.19. The zero-order chi connectivity index (χ0) is 9.84. The van der Waals surface area contributed by atoms with Crippen LogP contribution in [-0.4, -0.2) is 10.8 Å². The van der Waals surface area contributed by atoms with Gasteiger partial charge in [-0.15, -0.1) is 0 Å². The van der Waals surface area contributed by atoms with Crippen molar-refractivity contribution >= 4 is 17.3 Å². The first-order valence-corrected chi connectivity index (χ1v) is 4.32. The van der Waals surface area contributed by atoms with Crippen LogP contribution in [-0.2, 0) is 0 Å².